The molecule has 0 rings (SSSR count). The van der Waals surface area contributed by atoms with E-state index in [1.54, 1.807) is 0 Å². The minimum Gasteiger partial charge on any atom is -0.323 e. The number of hydrogen-bond donors (Lipinski definition) is 1. The molecule has 1 radical (unpaired) electrons. The molecule has 2 heteroatoms. The molecule has 0 spiro atoms. The number of rotatable bonds is 0. The SMILES string of the molecule is CNC.[Li]. The Morgan fingerprint density at radius 3 is 1.25 bits per heavy atom. The molecule has 0 aromatic rings. The molecule has 1 N–H and O–H groups in total. The van der Waals surface area contributed by atoms with Gasteiger partial charge in [-0.1, -0.05) is 0 Å². The molecule has 0 bridgehead atoms. The third kappa shape index (κ3) is 20.0. The first kappa shape index (κ1) is 8.82. The van der Waals surface area contributed by atoms with E-state index < -0.39 is 0 Å². The molecular formula is C2H7LiN. The van der Waals surface area contributed by atoms with E-state index in [2.05, 4.69) is 5.32 Å². The fourth-order valence-electron chi connectivity index (χ4n) is 0. The molecule has 0 unspecified atom stereocenters. The fourth-order valence-corrected chi connectivity index (χ4v) is 0. The van der Waals surface area contributed by atoms with Crippen molar-refractivity contribution < 1.29 is 0 Å². The second-order valence-electron chi connectivity index (χ2n) is 0.500. The Morgan fingerprint density at radius 1 is 1.25 bits per heavy atom. The monoisotopic (exact) mass is 52.1 g/mol. The summed E-state index contributed by atoms with van der Waals surface area (Å²) in [5.41, 5.74) is 0. The molecule has 0 atom stereocenters. The molecule has 0 aromatic carbocycles. The maximum Gasteiger partial charge on any atom is 0 e. The van der Waals surface area contributed by atoms with Crippen LogP contribution in [-0.4, -0.2) is 33.0 Å². The van der Waals surface area contributed by atoms with Gasteiger partial charge in [0.05, 0.1) is 0 Å². The Balaban J connectivity index is 0. The maximum atomic E-state index is 2.75. The minimum atomic E-state index is 0. The van der Waals surface area contributed by atoms with Gasteiger partial charge in [0.2, 0.25) is 0 Å². The van der Waals surface area contributed by atoms with Gasteiger partial charge in [-0.25, -0.2) is 0 Å². The van der Waals surface area contributed by atoms with Crippen LogP contribution < -0.4 is 5.32 Å². The van der Waals surface area contributed by atoms with Crippen molar-refractivity contribution in [3.05, 3.63) is 0 Å². The second-order valence-corrected chi connectivity index (χ2v) is 0.500. The Kier molecular flexibility index (Phi) is 21.1. The van der Waals surface area contributed by atoms with E-state index in [4.69, 9.17) is 0 Å². The summed E-state index contributed by atoms with van der Waals surface area (Å²) < 4.78 is 0. The molecule has 0 amide bonds. The van der Waals surface area contributed by atoms with E-state index in [0.29, 0.717) is 0 Å². The van der Waals surface area contributed by atoms with Crippen LogP contribution >= 0.6 is 0 Å². The van der Waals surface area contributed by atoms with Gasteiger partial charge in [0, 0.05) is 18.9 Å². The van der Waals surface area contributed by atoms with Crippen molar-refractivity contribution in [3.8, 4) is 0 Å². The first-order valence-corrected chi connectivity index (χ1v) is 1.00. The van der Waals surface area contributed by atoms with Crippen LogP contribution in [0.2, 0.25) is 0 Å². The topological polar surface area (TPSA) is 12.0 Å². The van der Waals surface area contributed by atoms with E-state index in [1.807, 2.05) is 14.1 Å². The van der Waals surface area contributed by atoms with Gasteiger partial charge in [-0.15, -0.1) is 0 Å². The Labute approximate surface area is 39.0 Å². The average Bonchev–Trinajstić information content (AvgIpc) is 0.918. The van der Waals surface area contributed by atoms with Crippen molar-refractivity contribution in [2.45, 2.75) is 0 Å². The van der Waals surface area contributed by atoms with Crippen LogP contribution in [0.3, 0.4) is 0 Å². The zero-order valence-corrected chi connectivity index (χ0v) is 3.50. The maximum absolute atomic E-state index is 2.75. The molecule has 1 nitrogen and oxygen atoms in total. The Bertz CT molecular complexity index is 6.00. The zero-order valence-electron chi connectivity index (χ0n) is 3.50. The molecule has 0 aliphatic rings. The molecule has 0 aromatic heterocycles. The van der Waals surface area contributed by atoms with Crippen molar-refractivity contribution in [2.75, 3.05) is 14.1 Å². The van der Waals surface area contributed by atoms with Gasteiger partial charge in [-0.05, 0) is 14.1 Å². The van der Waals surface area contributed by atoms with Crippen LogP contribution in [0.15, 0.2) is 0 Å². The first-order chi connectivity index (χ1) is 1.41. The summed E-state index contributed by atoms with van der Waals surface area (Å²) in [6.45, 7) is 0. The van der Waals surface area contributed by atoms with E-state index in [-0.39, 0.29) is 18.9 Å². The van der Waals surface area contributed by atoms with Gasteiger partial charge in [-0.2, -0.15) is 0 Å². The van der Waals surface area contributed by atoms with Gasteiger partial charge >= 0.3 is 0 Å². The Hall–Kier alpha value is 0.557. The van der Waals surface area contributed by atoms with Crippen molar-refractivity contribution in [2.24, 2.45) is 0 Å². The molecular weight excluding hydrogens is 45.0 g/mol. The van der Waals surface area contributed by atoms with Crippen LogP contribution in [0.4, 0.5) is 0 Å². The van der Waals surface area contributed by atoms with Gasteiger partial charge < -0.3 is 5.32 Å². The normalized spacial score (nSPS) is 4.50. The third-order valence-electron chi connectivity index (χ3n) is 0. The van der Waals surface area contributed by atoms with Gasteiger partial charge in [0.25, 0.3) is 0 Å². The molecule has 0 heterocycles. The molecule has 0 aliphatic heterocycles. The standard InChI is InChI=1S/C2H7N.Li/c1-3-2;/h3H,1-2H3;. The largest absolute Gasteiger partial charge is 0.323 e. The van der Waals surface area contributed by atoms with Crippen LogP contribution in [0.1, 0.15) is 0 Å². The van der Waals surface area contributed by atoms with E-state index in [0.717, 1.165) is 0 Å². The predicted molar refractivity (Wildman–Crippen MR) is 20.7 cm³/mol. The summed E-state index contributed by atoms with van der Waals surface area (Å²) >= 11 is 0. The molecule has 0 aliphatic carbocycles. The zero-order chi connectivity index (χ0) is 2.71. The van der Waals surface area contributed by atoms with Gasteiger partial charge in [0.1, 0.15) is 0 Å². The van der Waals surface area contributed by atoms with Crippen LogP contribution in [0.25, 0.3) is 0 Å². The predicted octanol–water partition coefficient (Wildman–Crippen LogP) is -0.545. The first-order valence-electron chi connectivity index (χ1n) is 1.00. The summed E-state index contributed by atoms with van der Waals surface area (Å²) in [7, 11) is 3.75. The summed E-state index contributed by atoms with van der Waals surface area (Å²) in [6, 6.07) is 0. The quantitative estimate of drug-likeness (QED) is 0.365. The molecule has 21 valence electrons. The number of nitrogens with one attached hydrogen (secondary N) is 1. The van der Waals surface area contributed by atoms with Gasteiger partial charge in [0.15, 0.2) is 0 Å². The van der Waals surface area contributed by atoms with Gasteiger partial charge in [-0.3, -0.25) is 0 Å². The van der Waals surface area contributed by atoms with Crippen molar-refractivity contribution in [1.82, 2.24) is 5.32 Å². The van der Waals surface area contributed by atoms with Crippen LogP contribution in [0.5, 0.6) is 0 Å². The molecule has 0 saturated carbocycles. The van der Waals surface area contributed by atoms with Crippen molar-refractivity contribution in [1.29, 1.82) is 0 Å². The summed E-state index contributed by atoms with van der Waals surface area (Å²) in [6.07, 6.45) is 0. The third-order valence-corrected chi connectivity index (χ3v) is 0. The fraction of sp³-hybridized carbons (Fsp3) is 1.00. The van der Waals surface area contributed by atoms with Crippen molar-refractivity contribution >= 4 is 18.9 Å². The minimum absolute atomic E-state index is 0. The second kappa shape index (κ2) is 9.59. The van der Waals surface area contributed by atoms with Crippen LogP contribution in [-0.2, 0) is 0 Å². The van der Waals surface area contributed by atoms with Crippen molar-refractivity contribution in [3.63, 3.8) is 0 Å². The van der Waals surface area contributed by atoms with Crippen LogP contribution in [0, 0.1) is 0 Å². The summed E-state index contributed by atoms with van der Waals surface area (Å²) in [4.78, 5) is 0. The Morgan fingerprint density at radius 2 is 1.25 bits per heavy atom. The molecule has 4 heavy (non-hydrogen) atoms. The summed E-state index contributed by atoms with van der Waals surface area (Å²) in [5.74, 6) is 0. The van der Waals surface area contributed by atoms with E-state index >= 15 is 0 Å². The number of hydrogen-bond acceptors (Lipinski definition) is 1. The molecule has 0 saturated heterocycles. The summed E-state index contributed by atoms with van der Waals surface area (Å²) in [5, 5.41) is 2.75. The molecule has 0 fully saturated rings. The smallest absolute Gasteiger partial charge is 0 e. The van der Waals surface area contributed by atoms with E-state index in [1.165, 1.54) is 0 Å². The average molecular weight is 52.0 g/mol. The van der Waals surface area contributed by atoms with E-state index in [9.17, 15) is 0 Å².